The predicted molar refractivity (Wildman–Crippen MR) is 133 cm³/mol. The Kier molecular flexibility index (Phi) is 7.78. The minimum atomic E-state index is -4.61. The topological polar surface area (TPSA) is 59.1 Å². The van der Waals surface area contributed by atoms with Crippen LogP contribution >= 0.6 is 0 Å². The van der Waals surface area contributed by atoms with Crippen LogP contribution in [0.1, 0.15) is 63.0 Å². The second kappa shape index (κ2) is 11.0. The summed E-state index contributed by atoms with van der Waals surface area (Å²) in [5.74, 6) is 1.05. The zero-order chi connectivity index (χ0) is 24.8. The Hall–Kier alpha value is -3.29. The molecular weight excluding hydrogens is 453 g/mol. The molecule has 2 aromatic carbocycles. The molecule has 1 aliphatic rings. The normalized spacial score (nSPS) is 14.7. The van der Waals surface area contributed by atoms with Crippen LogP contribution in [0.4, 0.5) is 36.3 Å². The molecule has 0 atom stereocenters. The van der Waals surface area contributed by atoms with E-state index in [0.29, 0.717) is 24.0 Å². The van der Waals surface area contributed by atoms with E-state index in [1.165, 1.54) is 37.7 Å². The fourth-order valence-corrected chi connectivity index (χ4v) is 4.23. The van der Waals surface area contributed by atoms with Crippen molar-refractivity contribution in [3.05, 3.63) is 65.9 Å². The molecule has 1 aliphatic carbocycles. The van der Waals surface area contributed by atoms with Gasteiger partial charge in [-0.1, -0.05) is 57.4 Å². The molecule has 1 fully saturated rings. The molecule has 4 rings (SSSR count). The Morgan fingerprint density at radius 2 is 1.69 bits per heavy atom. The van der Waals surface area contributed by atoms with Gasteiger partial charge in [0.2, 0.25) is 5.95 Å². The van der Waals surface area contributed by atoms with E-state index in [1.54, 1.807) is 24.3 Å². The zero-order valence-corrected chi connectivity index (χ0v) is 20.0. The molecule has 1 heterocycles. The summed E-state index contributed by atoms with van der Waals surface area (Å²) >= 11 is 0. The van der Waals surface area contributed by atoms with Gasteiger partial charge in [0, 0.05) is 11.9 Å². The van der Waals surface area contributed by atoms with Crippen LogP contribution in [0.5, 0.6) is 5.75 Å². The lowest BCUT2D eigenvalue weighted by Gasteiger charge is -2.22. The van der Waals surface area contributed by atoms with E-state index < -0.39 is 11.7 Å². The molecule has 0 amide bonds. The number of nitrogens with one attached hydrogen (secondary N) is 2. The van der Waals surface area contributed by atoms with Gasteiger partial charge in [0.05, 0.1) is 12.3 Å². The van der Waals surface area contributed by atoms with E-state index in [-0.39, 0.29) is 17.7 Å². The molecule has 8 heteroatoms. The molecule has 0 radical (unpaired) electrons. The maximum atomic E-state index is 13.7. The highest BCUT2D eigenvalue weighted by Gasteiger charge is 2.35. The van der Waals surface area contributed by atoms with Crippen molar-refractivity contribution in [3.63, 3.8) is 0 Å². The van der Waals surface area contributed by atoms with Gasteiger partial charge in [-0.05, 0) is 54.5 Å². The maximum Gasteiger partial charge on any atom is 0.421 e. The third-order valence-corrected chi connectivity index (χ3v) is 6.05. The number of ether oxygens (including phenoxy) is 1. The lowest BCUT2D eigenvalue weighted by molar-refractivity contribution is -0.137. The van der Waals surface area contributed by atoms with Crippen molar-refractivity contribution in [1.29, 1.82) is 0 Å². The molecule has 0 bridgehead atoms. The summed E-state index contributed by atoms with van der Waals surface area (Å²) < 4.78 is 46.9. The Bertz CT molecular complexity index is 1110. The lowest BCUT2D eigenvalue weighted by Crippen LogP contribution is -2.13. The molecule has 5 nitrogen and oxygen atoms in total. The summed E-state index contributed by atoms with van der Waals surface area (Å²) in [5.41, 5.74) is 1.47. The van der Waals surface area contributed by atoms with Crippen molar-refractivity contribution >= 4 is 23.1 Å². The fraction of sp³-hybridized carbons (Fsp3) is 0.407. The molecule has 2 N–H and O–H groups in total. The first kappa shape index (κ1) is 24.8. The Morgan fingerprint density at radius 3 is 2.37 bits per heavy atom. The van der Waals surface area contributed by atoms with Gasteiger partial charge in [-0.15, -0.1) is 0 Å². The monoisotopic (exact) mass is 484 g/mol. The van der Waals surface area contributed by atoms with Gasteiger partial charge < -0.3 is 15.4 Å². The van der Waals surface area contributed by atoms with Crippen LogP contribution in [0.2, 0.25) is 0 Å². The highest BCUT2D eigenvalue weighted by molar-refractivity contribution is 5.67. The summed E-state index contributed by atoms with van der Waals surface area (Å²) in [6.07, 6.45) is 2.39. The van der Waals surface area contributed by atoms with Crippen LogP contribution in [0.3, 0.4) is 0 Å². The third kappa shape index (κ3) is 6.65. The number of hydrogen-bond donors (Lipinski definition) is 2. The second-order valence-electron chi connectivity index (χ2n) is 9.36. The van der Waals surface area contributed by atoms with E-state index in [2.05, 4.69) is 32.7 Å². The summed E-state index contributed by atoms with van der Waals surface area (Å²) in [4.78, 5) is 8.09. The van der Waals surface area contributed by atoms with Gasteiger partial charge in [-0.25, -0.2) is 4.98 Å². The first-order valence-corrected chi connectivity index (χ1v) is 12.1. The van der Waals surface area contributed by atoms with E-state index in [0.717, 1.165) is 11.9 Å². The number of halogens is 3. The summed E-state index contributed by atoms with van der Waals surface area (Å²) in [5, 5.41) is 5.85. The maximum absolute atomic E-state index is 13.7. The standard InChI is InChI=1S/C27H31F3N4O/c1-18(2)17-35-24-11-7-6-10-23(24)33-25-22(27(28,29)30)16-31-26(34-25)32-21-14-12-20(13-15-21)19-8-4-3-5-9-19/h6-7,10-16,18-19H,3-5,8-9,17H2,1-2H3,(H2,31,32,33,34). The molecule has 3 aromatic rings. The molecule has 0 unspecified atom stereocenters. The fourth-order valence-electron chi connectivity index (χ4n) is 4.23. The van der Waals surface area contributed by atoms with E-state index in [9.17, 15) is 13.2 Å². The smallest absolute Gasteiger partial charge is 0.421 e. The summed E-state index contributed by atoms with van der Waals surface area (Å²) in [6.45, 7) is 4.45. The van der Waals surface area contributed by atoms with Crippen LogP contribution in [0.25, 0.3) is 0 Å². The zero-order valence-electron chi connectivity index (χ0n) is 20.0. The highest BCUT2D eigenvalue weighted by atomic mass is 19.4. The van der Waals surface area contributed by atoms with Crippen LogP contribution in [0, 0.1) is 5.92 Å². The van der Waals surface area contributed by atoms with Crippen LogP contribution in [-0.2, 0) is 6.18 Å². The average molecular weight is 485 g/mol. The second-order valence-corrected chi connectivity index (χ2v) is 9.36. The lowest BCUT2D eigenvalue weighted by atomic mass is 9.84. The molecule has 0 spiro atoms. The van der Waals surface area contributed by atoms with Crippen molar-refractivity contribution in [2.24, 2.45) is 5.92 Å². The number of alkyl halides is 3. The molecule has 1 saturated carbocycles. The Morgan fingerprint density at radius 1 is 0.971 bits per heavy atom. The molecule has 35 heavy (non-hydrogen) atoms. The van der Waals surface area contributed by atoms with Crippen LogP contribution < -0.4 is 15.4 Å². The van der Waals surface area contributed by atoms with Gasteiger partial charge >= 0.3 is 6.18 Å². The summed E-state index contributed by atoms with van der Waals surface area (Å²) in [7, 11) is 0. The van der Waals surface area contributed by atoms with Crippen molar-refractivity contribution < 1.29 is 17.9 Å². The quantitative estimate of drug-likeness (QED) is 0.339. The highest BCUT2D eigenvalue weighted by Crippen LogP contribution is 2.37. The van der Waals surface area contributed by atoms with Crippen molar-refractivity contribution in [2.45, 2.75) is 58.0 Å². The third-order valence-electron chi connectivity index (χ3n) is 6.05. The van der Waals surface area contributed by atoms with Crippen molar-refractivity contribution in [3.8, 4) is 5.75 Å². The molecular formula is C27H31F3N4O. The van der Waals surface area contributed by atoms with E-state index in [1.807, 2.05) is 26.0 Å². The number of para-hydroxylation sites is 2. The van der Waals surface area contributed by atoms with Crippen molar-refractivity contribution in [2.75, 3.05) is 17.2 Å². The number of rotatable bonds is 8. The van der Waals surface area contributed by atoms with E-state index >= 15 is 0 Å². The predicted octanol–water partition coefficient (Wildman–Crippen LogP) is 8.07. The number of hydrogen-bond acceptors (Lipinski definition) is 5. The molecule has 0 saturated heterocycles. The first-order valence-electron chi connectivity index (χ1n) is 12.1. The molecule has 1 aromatic heterocycles. The van der Waals surface area contributed by atoms with Gasteiger partial charge in [0.1, 0.15) is 17.1 Å². The number of benzene rings is 2. The number of nitrogens with zero attached hydrogens (tertiary/aromatic N) is 2. The Labute approximate surface area is 204 Å². The minimum absolute atomic E-state index is 0.0755. The Balaban J connectivity index is 1.56. The van der Waals surface area contributed by atoms with Gasteiger partial charge in [0.25, 0.3) is 0 Å². The molecule has 0 aliphatic heterocycles. The first-order chi connectivity index (χ1) is 16.8. The van der Waals surface area contributed by atoms with E-state index in [4.69, 9.17) is 4.74 Å². The average Bonchev–Trinajstić information content (AvgIpc) is 2.84. The van der Waals surface area contributed by atoms with Gasteiger partial charge in [0.15, 0.2) is 0 Å². The SMILES string of the molecule is CC(C)COc1ccccc1Nc1nc(Nc2ccc(C3CCCCC3)cc2)ncc1C(F)(F)F. The van der Waals surface area contributed by atoms with Crippen LogP contribution in [0.15, 0.2) is 54.7 Å². The summed E-state index contributed by atoms with van der Waals surface area (Å²) in [6, 6.07) is 14.9. The van der Waals surface area contributed by atoms with Crippen molar-refractivity contribution in [1.82, 2.24) is 9.97 Å². The van der Waals surface area contributed by atoms with Crippen LogP contribution in [-0.4, -0.2) is 16.6 Å². The van der Waals surface area contributed by atoms with Gasteiger partial charge in [-0.3, -0.25) is 0 Å². The number of anilines is 4. The molecule has 186 valence electrons. The van der Waals surface area contributed by atoms with Gasteiger partial charge in [-0.2, -0.15) is 18.2 Å². The number of aromatic nitrogens is 2. The largest absolute Gasteiger partial charge is 0.491 e. The minimum Gasteiger partial charge on any atom is -0.491 e.